The van der Waals surface area contributed by atoms with Gasteiger partial charge in [0.05, 0.1) is 11.9 Å². The van der Waals surface area contributed by atoms with Crippen molar-refractivity contribution in [1.82, 2.24) is 0 Å². The minimum absolute atomic E-state index is 0.0159. The highest BCUT2D eigenvalue weighted by Crippen LogP contribution is 2.33. The molecule has 2 aromatic carbocycles. The van der Waals surface area contributed by atoms with Crippen molar-refractivity contribution in [3.05, 3.63) is 65.0 Å². The average molecular weight is 309 g/mol. The third-order valence-electron chi connectivity index (χ3n) is 2.80. The van der Waals surface area contributed by atoms with Gasteiger partial charge in [-0.2, -0.15) is 0 Å². The molecule has 1 nitrogen and oxygen atoms in total. The van der Waals surface area contributed by atoms with Crippen molar-refractivity contribution in [3.63, 3.8) is 0 Å². The maximum atomic E-state index is 13.7. The Morgan fingerprint density at radius 1 is 1.11 bits per heavy atom. The van der Waals surface area contributed by atoms with Gasteiger partial charge in [-0.3, -0.25) is 0 Å². The van der Waals surface area contributed by atoms with Crippen LogP contribution >= 0.6 is 15.9 Å². The molecule has 0 aliphatic heterocycles. The lowest BCUT2D eigenvalue weighted by Crippen LogP contribution is -1.96. The van der Waals surface area contributed by atoms with Gasteiger partial charge >= 0.3 is 0 Å². The Kier molecular flexibility index (Phi) is 4.02. The third kappa shape index (κ3) is 2.72. The molecule has 18 heavy (non-hydrogen) atoms. The summed E-state index contributed by atoms with van der Waals surface area (Å²) in [5.41, 5.74) is 3.17. The van der Waals surface area contributed by atoms with Crippen LogP contribution in [-0.4, -0.2) is 7.11 Å². The lowest BCUT2D eigenvalue weighted by molar-refractivity contribution is 0.386. The third-order valence-corrected chi connectivity index (χ3v) is 3.86. The summed E-state index contributed by atoms with van der Waals surface area (Å²) in [4.78, 5) is -0.0159. The van der Waals surface area contributed by atoms with Gasteiger partial charge in [0.15, 0.2) is 11.6 Å². The highest BCUT2D eigenvalue weighted by atomic mass is 79.9. The first-order chi connectivity index (χ1) is 8.61. The molecule has 3 heteroatoms. The van der Waals surface area contributed by atoms with Crippen LogP contribution in [0.25, 0.3) is 0 Å². The van der Waals surface area contributed by atoms with Crippen LogP contribution in [-0.2, 0) is 0 Å². The van der Waals surface area contributed by atoms with E-state index < -0.39 is 0 Å². The maximum absolute atomic E-state index is 13.7. The molecule has 0 fully saturated rings. The highest BCUT2D eigenvalue weighted by Gasteiger charge is 2.13. The van der Waals surface area contributed by atoms with E-state index in [2.05, 4.69) is 22.0 Å². The Balaban J connectivity index is 2.34. The van der Waals surface area contributed by atoms with E-state index in [0.717, 1.165) is 11.1 Å². The second-order valence-corrected chi connectivity index (χ2v) is 5.09. The second kappa shape index (κ2) is 5.53. The molecule has 0 amide bonds. The van der Waals surface area contributed by atoms with Crippen molar-refractivity contribution in [2.75, 3.05) is 7.11 Å². The molecule has 0 spiro atoms. The van der Waals surface area contributed by atoms with Gasteiger partial charge in [0, 0.05) is 0 Å². The minimum atomic E-state index is -0.341. The monoisotopic (exact) mass is 308 g/mol. The first-order valence-electron chi connectivity index (χ1n) is 5.66. The molecule has 2 aromatic rings. The van der Waals surface area contributed by atoms with Crippen LogP contribution in [0.5, 0.6) is 5.75 Å². The molecule has 1 unspecified atom stereocenters. The number of hydrogen-bond acceptors (Lipinski definition) is 1. The van der Waals surface area contributed by atoms with Gasteiger partial charge in [0.1, 0.15) is 0 Å². The fourth-order valence-corrected chi connectivity index (χ4v) is 2.43. The van der Waals surface area contributed by atoms with Crippen molar-refractivity contribution in [2.24, 2.45) is 0 Å². The number of rotatable bonds is 3. The van der Waals surface area contributed by atoms with Gasteiger partial charge in [-0.05, 0) is 30.2 Å². The fourth-order valence-electron chi connectivity index (χ4n) is 1.86. The highest BCUT2D eigenvalue weighted by molar-refractivity contribution is 9.09. The second-order valence-electron chi connectivity index (χ2n) is 4.17. The molecule has 0 aliphatic rings. The number of ether oxygens (including phenoxy) is 1. The molecule has 0 aliphatic carbocycles. The molecule has 0 bridgehead atoms. The maximum Gasteiger partial charge on any atom is 0.165 e. The molecule has 0 saturated heterocycles. The van der Waals surface area contributed by atoms with Crippen LogP contribution in [0.1, 0.15) is 21.5 Å². The molecule has 1 atom stereocenters. The number of halogens is 2. The van der Waals surface area contributed by atoms with Crippen LogP contribution in [0.2, 0.25) is 0 Å². The first-order valence-corrected chi connectivity index (χ1v) is 6.57. The van der Waals surface area contributed by atoms with Crippen LogP contribution < -0.4 is 4.74 Å². The average Bonchev–Trinajstić information content (AvgIpc) is 2.37. The number of hydrogen-bond donors (Lipinski definition) is 0. The van der Waals surface area contributed by atoms with Gasteiger partial charge in [0.2, 0.25) is 0 Å². The molecule has 0 radical (unpaired) electrons. The zero-order valence-corrected chi connectivity index (χ0v) is 11.9. The Morgan fingerprint density at radius 3 is 2.44 bits per heavy atom. The zero-order chi connectivity index (χ0) is 13.1. The molecule has 0 aromatic heterocycles. The summed E-state index contributed by atoms with van der Waals surface area (Å²) in [6.07, 6.45) is 0. The molecule has 0 heterocycles. The van der Waals surface area contributed by atoms with Crippen LogP contribution in [0.3, 0.4) is 0 Å². The molecule has 0 saturated carbocycles. The normalized spacial score (nSPS) is 12.2. The van der Waals surface area contributed by atoms with Crippen molar-refractivity contribution < 1.29 is 9.13 Å². The number of alkyl halides is 1. The Bertz CT molecular complexity index is 554. The Labute approximate surface area is 115 Å². The number of aryl methyl sites for hydroxylation is 1. The van der Waals surface area contributed by atoms with E-state index in [-0.39, 0.29) is 16.4 Å². The molecule has 2 rings (SSSR count). The van der Waals surface area contributed by atoms with Crippen molar-refractivity contribution in [1.29, 1.82) is 0 Å². The van der Waals surface area contributed by atoms with Crippen LogP contribution in [0.4, 0.5) is 4.39 Å². The molecular formula is C15H14BrFO. The zero-order valence-electron chi connectivity index (χ0n) is 10.3. The summed E-state index contributed by atoms with van der Waals surface area (Å²) in [6.45, 7) is 2.04. The Morgan fingerprint density at radius 2 is 1.83 bits per heavy atom. The lowest BCUT2D eigenvalue weighted by atomic mass is 10.0. The standard InChI is InChI=1S/C15H14BrFO/c1-10-4-3-5-11(8-10)15(16)12-6-7-14(18-2)13(17)9-12/h3-9,15H,1-2H3. The van der Waals surface area contributed by atoms with Crippen LogP contribution in [0.15, 0.2) is 42.5 Å². The Hall–Kier alpha value is -1.35. The van der Waals surface area contributed by atoms with E-state index in [9.17, 15) is 4.39 Å². The molecule has 0 N–H and O–H groups in total. The van der Waals surface area contributed by atoms with Gasteiger partial charge < -0.3 is 4.74 Å². The first kappa shape index (κ1) is 13.1. The minimum Gasteiger partial charge on any atom is -0.494 e. The lowest BCUT2D eigenvalue weighted by Gasteiger charge is -2.12. The van der Waals surface area contributed by atoms with Crippen molar-refractivity contribution in [3.8, 4) is 5.75 Å². The summed E-state index contributed by atoms with van der Waals surface area (Å²) < 4.78 is 18.6. The van der Waals surface area contributed by atoms with E-state index in [0.29, 0.717) is 0 Å². The SMILES string of the molecule is COc1ccc(C(Br)c2cccc(C)c2)cc1F. The smallest absolute Gasteiger partial charge is 0.165 e. The predicted octanol–water partition coefficient (Wildman–Crippen LogP) is 4.63. The fraction of sp³-hybridized carbons (Fsp3) is 0.200. The summed E-state index contributed by atoms with van der Waals surface area (Å²) >= 11 is 3.60. The number of methoxy groups -OCH3 is 1. The summed E-state index contributed by atoms with van der Waals surface area (Å²) in [6, 6.07) is 13.2. The van der Waals surface area contributed by atoms with Crippen LogP contribution in [0, 0.1) is 12.7 Å². The topological polar surface area (TPSA) is 9.23 Å². The summed E-state index contributed by atoms with van der Waals surface area (Å²) in [5.74, 6) is -0.0743. The van der Waals surface area contributed by atoms with Gasteiger partial charge in [-0.15, -0.1) is 0 Å². The van der Waals surface area contributed by atoms with Gasteiger partial charge in [-0.1, -0.05) is 51.8 Å². The number of benzene rings is 2. The largest absolute Gasteiger partial charge is 0.494 e. The molecule has 94 valence electrons. The van der Waals surface area contributed by atoms with E-state index in [1.54, 1.807) is 6.07 Å². The van der Waals surface area contributed by atoms with E-state index >= 15 is 0 Å². The van der Waals surface area contributed by atoms with E-state index in [4.69, 9.17) is 4.74 Å². The summed E-state index contributed by atoms with van der Waals surface area (Å²) in [7, 11) is 1.46. The van der Waals surface area contributed by atoms with Gasteiger partial charge in [-0.25, -0.2) is 4.39 Å². The van der Waals surface area contributed by atoms with E-state index in [1.807, 2.05) is 31.2 Å². The van der Waals surface area contributed by atoms with E-state index in [1.165, 1.54) is 18.7 Å². The van der Waals surface area contributed by atoms with Crippen molar-refractivity contribution >= 4 is 15.9 Å². The van der Waals surface area contributed by atoms with Gasteiger partial charge in [0.25, 0.3) is 0 Å². The van der Waals surface area contributed by atoms with Crippen molar-refractivity contribution in [2.45, 2.75) is 11.8 Å². The molecular weight excluding hydrogens is 295 g/mol. The summed E-state index contributed by atoms with van der Waals surface area (Å²) in [5, 5.41) is 0. The predicted molar refractivity (Wildman–Crippen MR) is 74.9 cm³/mol. The quantitative estimate of drug-likeness (QED) is 0.751.